The third-order valence-electron chi connectivity index (χ3n) is 5.28. The molecule has 1 aliphatic heterocycles. The standard InChI is InChI=1S/C23H28ClNO2/c1-15(23-13-20(26)12-21(14-25)27-23)3-10-22(24)16(2)11-17-4-6-18(7-5-17)19-8-9-19/h3-7,10,14,19-21,23,25-26H,1,8-9,11-13H2,2H3. The van der Waals surface area contributed by atoms with Crippen molar-refractivity contribution in [2.45, 2.75) is 63.3 Å². The SMILES string of the molecule is C=C(C=CC(Cl)=C(C)Cc1ccc(C2CC2)cc1)C1CC(O)CC(C=N)O1. The van der Waals surface area contributed by atoms with Crippen molar-refractivity contribution in [2.75, 3.05) is 0 Å². The van der Waals surface area contributed by atoms with Crippen LogP contribution in [-0.4, -0.2) is 29.6 Å². The lowest BCUT2D eigenvalue weighted by atomic mass is 9.96. The zero-order valence-electron chi connectivity index (χ0n) is 15.8. The van der Waals surface area contributed by atoms with Gasteiger partial charge < -0.3 is 15.3 Å². The first-order chi connectivity index (χ1) is 13.0. The molecule has 0 amide bonds. The second-order valence-corrected chi connectivity index (χ2v) is 8.09. The van der Waals surface area contributed by atoms with Crippen LogP contribution in [0.4, 0.5) is 0 Å². The molecule has 3 atom stereocenters. The normalized spacial score (nSPS) is 26.7. The van der Waals surface area contributed by atoms with E-state index >= 15 is 0 Å². The van der Waals surface area contributed by atoms with Crippen LogP contribution in [0.5, 0.6) is 0 Å². The van der Waals surface area contributed by atoms with E-state index in [0.29, 0.717) is 17.9 Å². The number of aliphatic hydroxyl groups excluding tert-OH is 1. The number of benzene rings is 1. The molecule has 144 valence electrons. The van der Waals surface area contributed by atoms with E-state index in [2.05, 4.69) is 30.8 Å². The van der Waals surface area contributed by atoms with Gasteiger partial charge in [-0.15, -0.1) is 0 Å². The molecule has 1 aromatic carbocycles. The molecule has 2 fully saturated rings. The summed E-state index contributed by atoms with van der Waals surface area (Å²) in [6, 6.07) is 8.85. The lowest BCUT2D eigenvalue weighted by Gasteiger charge is -2.31. The van der Waals surface area contributed by atoms with Crippen LogP contribution < -0.4 is 0 Å². The van der Waals surface area contributed by atoms with Crippen molar-refractivity contribution >= 4 is 17.8 Å². The summed E-state index contributed by atoms with van der Waals surface area (Å²) in [5.74, 6) is 0.779. The molecule has 0 spiro atoms. The predicted octanol–water partition coefficient (Wildman–Crippen LogP) is 5.29. The van der Waals surface area contributed by atoms with Crippen molar-refractivity contribution < 1.29 is 9.84 Å². The molecule has 4 heteroatoms. The Hall–Kier alpha value is -1.68. The number of hydrogen-bond acceptors (Lipinski definition) is 3. The van der Waals surface area contributed by atoms with Crippen molar-refractivity contribution in [3.8, 4) is 0 Å². The van der Waals surface area contributed by atoms with Crippen LogP contribution in [0.3, 0.4) is 0 Å². The molecule has 1 heterocycles. The lowest BCUT2D eigenvalue weighted by molar-refractivity contribution is -0.0483. The summed E-state index contributed by atoms with van der Waals surface area (Å²) in [6.07, 6.45) is 8.26. The van der Waals surface area contributed by atoms with Gasteiger partial charge in [-0.3, -0.25) is 0 Å². The molecule has 2 N–H and O–H groups in total. The Morgan fingerprint density at radius 2 is 1.96 bits per heavy atom. The molecule has 1 saturated carbocycles. The van der Waals surface area contributed by atoms with Crippen LogP contribution in [0.1, 0.15) is 49.7 Å². The van der Waals surface area contributed by atoms with Crippen LogP contribution in [0.25, 0.3) is 0 Å². The van der Waals surface area contributed by atoms with E-state index in [-0.39, 0.29) is 12.2 Å². The molecule has 0 bridgehead atoms. The summed E-state index contributed by atoms with van der Waals surface area (Å²) >= 11 is 6.47. The number of ether oxygens (including phenoxy) is 1. The Morgan fingerprint density at radius 1 is 1.26 bits per heavy atom. The molecule has 1 aliphatic carbocycles. The van der Waals surface area contributed by atoms with E-state index in [1.165, 1.54) is 30.2 Å². The highest BCUT2D eigenvalue weighted by Crippen LogP contribution is 2.40. The molecule has 3 unspecified atom stereocenters. The average molecular weight is 386 g/mol. The van der Waals surface area contributed by atoms with E-state index in [4.69, 9.17) is 21.7 Å². The molecule has 1 aromatic rings. The molecule has 2 aliphatic rings. The molecule has 3 rings (SSSR count). The fraction of sp³-hybridized carbons (Fsp3) is 0.435. The van der Waals surface area contributed by atoms with Crippen molar-refractivity contribution in [3.05, 3.63) is 70.3 Å². The van der Waals surface area contributed by atoms with Gasteiger partial charge >= 0.3 is 0 Å². The zero-order chi connectivity index (χ0) is 19.4. The number of nitrogens with one attached hydrogen (secondary N) is 1. The summed E-state index contributed by atoms with van der Waals surface area (Å²) in [4.78, 5) is 0. The van der Waals surface area contributed by atoms with E-state index in [1.807, 2.05) is 19.1 Å². The van der Waals surface area contributed by atoms with Gasteiger partial charge in [0.05, 0.1) is 18.3 Å². The van der Waals surface area contributed by atoms with Crippen molar-refractivity contribution in [2.24, 2.45) is 0 Å². The quantitative estimate of drug-likeness (QED) is 0.495. The van der Waals surface area contributed by atoms with E-state index < -0.39 is 6.10 Å². The van der Waals surface area contributed by atoms with Crippen molar-refractivity contribution in [3.63, 3.8) is 0 Å². The molecule has 3 nitrogen and oxygen atoms in total. The van der Waals surface area contributed by atoms with Crippen LogP contribution in [0.2, 0.25) is 0 Å². The maximum Gasteiger partial charge on any atom is 0.0952 e. The Balaban J connectivity index is 1.58. The Morgan fingerprint density at radius 3 is 2.59 bits per heavy atom. The highest BCUT2D eigenvalue weighted by molar-refractivity contribution is 6.31. The van der Waals surface area contributed by atoms with Crippen LogP contribution in [0, 0.1) is 5.41 Å². The monoisotopic (exact) mass is 385 g/mol. The van der Waals surface area contributed by atoms with Gasteiger partial charge in [-0.05, 0) is 54.9 Å². The molecular weight excluding hydrogens is 358 g/mol. The number of allylic oxidation sites excluding steroid dienone is 3. The average Bonchev–Trinajstić information content (AvgIpc) is 3.51. The van der Waals surface area contributed by atoms with Gasteiger partial charge in [0, 0.05) is 24.1 Å². The van der Waals surface area contributed by atoms with Gasteiger partial charge in [0.1, 0.15) is 0 Å². The molecule has 27 heavy (non-hydrogen) atoms. The van der Waals surface area contributed by atoms with Crippen molar-refractivity contribution in [1.82, 2.24) is 0 Å². The van der Waals surface area contributed by atoms with Gasteiger partial charge in [-0.1, -0.05) is 54.1 Å². The number of hydrogen-bond donors (Lipinski definition) is 2. The molecule has 1 saturated heterocycles. The summed E-state index contributed by atoms with van der Waals surface area (Å²) in [5.41, 5.74) is 4.57. The maximum absolute atomic E-state index is 9.93. The predicted molar refractivity (Wildman–Crippen MR) is 112 cm³/mol. The first kappa shape index (κ1) is 20.1. The van der Waals surface area contributed by atoms with Gasteiger partial charge in [0.15, 0.2) is 0 Å². The molecule has 0 radical (unpaired) electrons. The fourth-order valence-corrected chi connectivity index (χ4v) is 3.55. The zero-order valence-corrected chi connectivity index (χ0v) is 16.6. The fourth-order valence-electron chi connectivity index (χ4n) is 3.42. The van der Waals surface area contributed by atoms with E-state index in [1.54, 1.807) is 0 Å². The highest BCUT2D eigenvalue weighted by atomic mass is 35.5. The number of halogens is 1. The van der Waals surface area contributed by atoms with Gasteiger partial charge in [-0.25, -0.2) is 0 Å². The maximum atomic E-state index is 9.93. The Kier molecular flexibility index (Phi) is 6.69. The highest BCUT2D eigenvalue weighted by Gasteiger charge is 2.28. The van der Waals surface area contributed by atoms with Gasteiger partial charge in [-0.2, -0.15) is 0 Å². The minimum absolute atomic E-state index is 0.281. The van der Waals surface area contributed by atoms with E-state index in [9.17, 15) is 5.11 Å². The third kappa shape index (κ3) is 5.65. The number of aliphatic hydroxyl groups is 1. The smallest absolute Gasteiger partial charge is 0.0952 e. The Labute approximate surface area is 166 Å². The second kappa shape index (κ2) is 9.01. The first-order valence-corrected chi connectivity index (χ1v) is 9.99. The van der Waals surface area contributed by atoms with Gasteiger partial charge in [0.2, 0.25) is 0 Å². The second-order valence-electron chi connectivity index (χ2n) is 7.68. The van der Waals surface area contributed by atoms with E-state index in [0.717, 1.165) is 23.5 Å². The number of rotatable bonds is 7. The summed E-state index contributed by atoms with van der Waals surface area (Å²) in [7, 11) is 0. The Bertz CT molecular complexity index is 746. The molecule has 0 aromatic heterocycles. The largest absolute Gasteiger partial charge is 0.393 e. The first-order valence-electron chi connectivity index (χ1n) is 9.61. The summed E-state index contributed by atoms with van der Waals surface area (Å²) in [5, 5.41) is 18.0. The van der Waals surface area contributed by atoms with Gasteiger partial charge in [0.25, 0.3) is 0 Å². The van der Waals surface area contributed by atoms with Crippen LogP contribution in [0.15, 0.2) is 59.2 Å². The summed E-state index contributed by atoms with van der Waals surface area (Å²) < 4.78 is 5.78. The molecular formula is C23H28ClNO2. The lowest BCUT2D eigenvalue weighted by Crippen LogP contribution is -2.36. The topological polar surface area (TPSA) is 53.3 Å². The third-order valence-corrected chi connectivity index (χ3v) is 5.73. The summed E-state index contributed by atoms with van der Waals surface area (Å²) in [6.45, 7) is 6.09. The van der Waals surface area contributed by atoms with Crippen LogP contribution in [-0.2, 0) is 11.2 Å². The van der Waals surface area contributed by atoms with Crippen molar-refractivity contribution in [1.29, 1.82) is 5.41 Å². The minimum Gasteiger partial charge on any atom is -0.393 e. The minimum atomic E-state index is -0.466. The van der Waals surface area contributed by atoms with Crippen LogP contribution >= 0.6 is 11.6 Å².